The van der Waals surface area contributed by atoms with E-state index in [1.807, 2.05) is 24.3 Å². The molecule has 1 aromatic heterocycles. The van der Waals surface area contributed by atoms with Gasteiger partial charge in [-0.3, -0.25) is 0 Å². The molecule has 4 heteroatoms. The van der Waals surface area contributed by atoms with E-state index in [2.05, 4.69) is 26.0 Å². The van der Waals surface area contributed by atoms with Gasteiger partial charge in [-0.25, -0.2) is 0 Å². The van der Waals surface area contributed by atoms with E-state index >= 15 is 0 Å². The standard InChI is InChI=1S/C17H23NO2S/c1-4-15(18)17(16-10-5-12(2)21-16)20-11-13-6-8-14(19-3)9-7-13/h5-10,15,17H,4,11,18H2,1-3H3. The van der Waals surface area contributed by atoms with Gasteiger partial charge in [-0.15, -0.1) is 11.3 Å². The minimum Gasteiger partial charge on any atom is -0.497 e. The second kappa shape index (κ2) is 7.59. The summed E-state index contributed by atoms with van der Waals surface area (Å²) >= 11 is 1.76. The van der Waals surface area contributed by atoms with Crippen LogP contribution in [-0.4, -0.2) is 13.2 Å². The van der Waals surface area contributed by atoms with Crippen molar-refractivity contribution in [1.82, 2.24) is 0 Å². The van der Waals surface area contributed by atoms with Gasteiger partial charge in [-0.05, 0) is 43.2 Å². The van der Waals surface area contributed by atoms with E-state index < -0.39 is 0 Å². The summed E-state index contributed by atoms with van der Waals surface area (Å²) in [7, 11) is 1.67. The van der Waals surface area contributed by atoms with Crippen molar-refractivity contribution < 1.29 is 9.47 Å². The zero-order valence-electron chi connectivity index (χ0n) is 12.8. The molecule has 2 N–H and O–H groups in total. The molecule has 0 aliphatic rings. The summed E-state index contributed by atoms with van der Waals surface area (Å²) in [4.78, 5) is 2.49. The number of hydrogen-bond donors (Lipinski definition) is 1. The van der Waals surface area contributed by atoms with E-state index in [9.17, 15) is 0 Å². The van der Waals surface area contributed by atoms with Crippen LogP contribution in [-0.2, 0) is 11.3 Å². The maximum Gasteiger partial charge on any atom is 0.118 e. The SMILES string of the molecule is CCC(N)C(OCc1ccc(OC)cc1)c1ccc(C)s1. The number of ether oxygens (including phenoxy) is 2. The molecular formula is C17H23NO2S. The number of rotatable bonds is 7. The molecule has 0 amide bonds. The lowest BCUT2D eigenvalue weighted by Crippen LogP contribution is -2.29. The summed E-state index contributed by atoms with van der Waals surface area (Å²) in [5.41, 5.74) is 7.35. The van der Waals surface area contributed by atoms with E-state index in [1.165, 1.54) is 9.75 Å². The fourth-order valence-corrected chi connectivity index (χ4v) is 3.15. The largest absolute Gasteiger partial charge is 0.497 e. The van der Waals surface area contributed by atoms with Gasteiger partial charge in [0.15, 0.2) is 0 Å². The Morgan fingerprint density at radius 3 is 2.38 bits per heavy atom. The summed E-state index contributed by atoms with van der Waals surface area (Å²) in [5.74, 6) is 0.856. The first-order valence-electron chi connectivity index (χ1n) is 7.20. The second-order valence-corrected chi connectivity index (χ2v) is 6.42. The van der Waals surface area contributed by atoms with Gasteiger partial charge in [-0.1, -0.05) is 19.1 Å². The van der Waals surface area contributed by atoms with Crippen LogP contribution < -0.4 is 10.5 Å². The Kier molecular flexibility index (Phi) is 5.79. The highest BCUT2D eigenvalue weighted by Crippen LogP contribution is 2.29. The summed E-state index contributed by atoms with van der Waals surface area (Å²) in [6.45, 7) is 4.75. The maximum absolute atomic E-state index is 6.23. The molecule has 0 bridgehead atoms. The first-order valence-corrected chi connectivity index (χ1v) is 8.02. The summed E-state index contributed by atoms with van der Waals surface area (Å²) in [5, 5.41) is 0. The van der Waals surface area contributed by atoms with E-state index in [-0.39, 0.29) is 12.1 Å². The van der Waals surface area contributed by atoms with Crippen molar-refractivity contribution in [3.05, 3.63) is 51.7 Å². The van der Waals surface area contributed by atoms with E-state index in [0.29, 0.717) is 6.61 Å². The molecule has 21 heavy (non-hydrogen) atoms. The van der Waals surface area contributed by atoms with Crippen LogP contribution >= 0.6 is 11.3 Å². The number of thiophene rings is 1. The molecule has 0 spiro atoms. The van der Waals surface area contributed by atoms with Gasteiger partial charge in [0.25, 0.3) is 0 Å². The van der Waals surface area contributed by atoms with Crippen molar-refractivity contribution in [3.63, 3.8) is 0 Å². The quantitative estimate of drug-likeness (QED) is 0.839. The molecule has 1 aromatic carbocycles. The Morgan fingerprint density at radius 1 is 1.14 bits per heavy atom. The Bertz CT molecular complexity index is 550. The number of hydrogen-bond acceptors (Lipinski definition) is 4. The third-order valence-electron chi connectivity index (χ3n) is 3.49. The minimum atomic E-state index is -0.0456. The molecule has 1 heterocycles. The fourth-order valence-electron chi connectivity index (χ4n) is 2.14. The van der Waals surface area contributed by atoms with Crippen LogP contribution in [0.25, 0.3) is 0 Å². The highest BCUT2D eigenvalue weighted by Gasteiger charge is 2.20. The molecule has 3 nitrogen and oxygen atoms in total. The molecule has 0 aliphatic heterocycles. The third kappa shape index (κ3) is 4.30. The average molecular weight is 305 g/mol. The molecule has 2 aromatic rings. The number of methoxy groups -OCH3 is 1. The first-order chi connectivity index (χ1) is 10.1. The second-order valence-electron chi connectivity index (χ2n) is 5.10. The van der Waals surface area contributed by atoms with Crippen LogP contribution in [0.4, 0.5) is 0 Å². The van der Waals surface area contributed by atoms with Crippen molar-refractivity contribution in [2.45, 2.75) is 39.0 Å². The van der Waals surface area contributed by atoms with Crippen LogP contribution in [0, 0.1) is 6.92 Å². The zero-order chi connectivity index (χ0) is 15.2. The lowest BCUT2D eigenvalue weighted by Gasteiger charge is -2.22. The Balaban J connectivity index is 2.04. The molecular weight excluding hydrogens is 282 g/mol. The predicted octanol–water partition coefficient (Wildman–Crippen LogP) is 4.06. The molecule has 0 aliphatic carbocycles. The van der Waals surface area contributed by atoms with Gasteiger partial charge in [0.1, 0.15) is 11.9 Å². The van der Waals surface area contributed by atoms with Gasteiger partial charge in [0.05, 0.1) is 13.7 Å². The number of benzene rings is 1. The smallest absolute Gasteiger partial charge is 0.118 e. The molecule has 0 saturated carbocycles. The van der Waals surface area contributed by atoms with Crippen LogP contribution in [0.2, 0.25) is 0 Å². The van der Waals surface area contributed by atoms with E-state index in [4.69, 9.17) is 15.2 Å². The van der Waals surface area contributed by atoms with Crippen molar-refractivity contribution in [3.8, 4) is 5.75 Å². The van der Waals surface area contributed by atoms with Gasteiger partial charge in [0, 0.05) is 15.8 Å². The molecule has 2 unspecified atom stereocenters. The molecule has 0 saturated heterocycles. The van der Waals surface area contributed by atoms with Crippen molar-refractivity contribution in [2.75, 3.05) is 7.11 Å². The van der Waals surface area contributed by atoms with Gasteiger partial charge >= 0.3 is 0 Å². The highest BCUT2D eigenvalue weighted by atomic mass is 32.1. The Labute approximate surface area is 130 Å². The van der Waals surface area contributed by atoms with E-state index in [0.717, 1.165) is 17.7 Å². The zero-order valence-corrected chi connectivity index (χ0v) is 13.7. The summed E-state index contributed by atoms with van der Waals surface area (Å²) < 4.78 is 11.3. The lowest BCUT2D eigenvalue weighted by molar-refractivity contribution is 0.0236. The third-order valence-corrected chi connectivity index (χ3v) is 4.55. The normalized spacial score (nSPS) is 13.9. The van der Waals surface area contributed by atoms with Gasteiger partial charge in [-0.2, -0.15) is 0 Å². The van der Waals surface area contributed by atoms with Crippen molar-refractivity contribution in [1.29, 1.82) is 0 Å². The fraction of sp³-hybridized carbons (Fsp3) is 0.412. The van der Waals surface area contributed by atoms with Crippen LogP contribution in [0.3, 0.4) is 0 Å². The van der Waals surface area contributed by atoms with Crippen LogP contribution in [0.15, 0.2) is 36.4 Å². The van der Waals surface area contributed by atoms with Gasteiger partial charge < -0.3 is 15.2 Å². The first kappa shape index (κ1) is 16.0. The lowest BCUT2D eigenvalue weighted by atomic mass is 10.1. The highest BCUT2D eigenvalue weighted by molar-refractivity contribution is 7.12. The molecule has 2 rings (SSSR count). The topological polar surface area (TPSA) is 44.5 Å². The van der Waals surface area contributed by atoms with Crippen molar-refractivity contribution in [2.24, 2.45) is 5.73 Å². The summed E-state index contributed by atoms with van der Waals surface area (Å²) in [6.07, 6.45) is 0.848. The molecule has 0 fully saturated rings. The average Bonchev–Trinajstić information content (AvgIpc) is 2.94. The Hall–Kier alpha value is -1.36. The molecule has 114 valence electrons. The maximum atomic E-state index is 6.23. The molecule has 2 atom stereocenters. The van der Waals surface area contributed by atoms with E-state index in [1.54, 1.807) is 18.4 Å². The monoisotopic (exact) mass is 305 g/mol. The van der Waals surface area contributed by atoms with Gasteiger partial charge in [0.2, 0.25) is 0 Å². The Morgan fingerprint density at radius 2 is 1.86 bits per heavy atom. The minimum absolute atomic E-state index is 0.0151. The number of nitrogens with two attached hydrogens (primary N) is 1. The molecule has 0 radical (unpaired) electrons. The van der Waals surface area contributed by atoms with Crippen molar-refractivity contribution >= 4 is 11.3 Å². The van der Waals surface area contributed by atoms with Crippen LogP contribution in [0.1, 0.15) is 34.8 Å². The van der Waals surface area contributed by atoms with Crippen LogP contribution in [0.5, 0.6) is 5.75 Å². The number of aryl methyl sites for hydroxylation is 1. The summed E-state index contributed by atoms with van der Waals surface area (Å²) in [6, 6.07) is 12.2. The predicted molar refractivity (Wildman–Crippen MR) is 87.8 cm³/mol.